The Morgan fingerprint density at radius 3 is 2.50 bits per heavy atom. The van der Waals surface area contributed by atoms with Crippen LogP contribution in [0.5, 0.6) is 0 Å². The maximum atomic E-state index is 12.5. The van der Waals surface area contributed by atoms with Gasteiger partial charge in [-0.25, -0.2) is 4.79 Å². The zero-order valence-electron chi connectivity index (χ0n) is 15.6. The molecule has 0 radical (unpaired) electrons. The molecule has 1 amide bonds. The van der Waals surface area contributed by atoms with Gasteiger partial charge in [0, 0.05) is 12.8 Å². The second-order valence-corrected chi connectivity index (χ2v) is 6.45. The highest BCUT2D eigenvalue weighted by atomic mass is 32.1. The fourth-order valence-corrected chi connectivity index (χ4v) is 3.05. The van der Waals surface area contributed by atoms with Crippen molar-refractivity contribution < 1.29 is 23.9 Å². The molecule has 1 rings (SSSR count). The predicted molar refractivity (Wildman–Crippen MR) is 100.0 cm³/mol. The lowest BCUT2D eigenvalue weighted by molar-refractivity contribution is -0.146. The summed E-state index contributed by atoms with van der Waals surface area (Å²) in [6, 6.07) is 0.840. The van der Waals surface area contributed by atoms with Crippen molar-refractivity contribution in [3.63, 3.8) is 0 Å². The average Bonchev–Trinajstić information content (AvgIpc) is 2.98. The van der Waals surface area contributed by atoms with E-state index in [4.69, 9.17) is 9.47 Å². The van der Waals surface area contributed by atoms with E-state index in [1.165, 1.54) is 11.3 Å². The van der Waals surface area contributed by atoms with Crippen LogP contribution in [-0.2, 0) is 19.1 Å². The lowest BCUT2D eigenvalue weighted by Gasteiger charge is -2.16. The van der Waals surface area contributed by atoms with Gasteiger partial charge in [0.05, 0.1) is 23.0 Å². The smallest absolute Gasteiger partial charge is 0.328 e. The fourth-order valence-electron chi connectivity index (χ4n) is 2.10. The standard InChI is InChI=1S/C19H25NO5S/c1-5-8-9-15-13(4)12-16(26-15)18(22)20-14(19(23)25-7-3)10-11-17(21)24-6-2/h12,14H,5-7,10-11H2,1-4H3,(H,20,22). The first-order chi connectivity index (χ1) is 12.4. The third-order valence-corrected chi connectivity index (χ3v) is 4.49. The molecule has 0 aliphatic carbocycles. The topological polar surface area (TPSA) is 81.7 Å². The van der Waals surface area contributed by atoms with Crippen molar-refractivity contribution in [1.82, 2.24) is 5.32 Å². The predicted octanol–water partition coefficient (Wildman–Crippen LogP) is 2.82. The van der Waals surface area contributed by atoms with Gasteiger partial charge in [0.25, 0.3) is 5.91 Å². The minimum absolute atomic E-state index is 0.0221. The number of thiophene rings is 1. The highest BCUT2D eigenvalue weighted by molar-refractivity contribution is 7.14. The van der Waals surface area contributed by atoms with Gasteiger partial charge < -0.3 is 14.8 Å². The molecule has 142 valence electrons. The Hall–Kier alpha value is -2.33. The van der Waals surface area contributed by atoms with Crippen molar-refractivity contribution in [3.05, 3.63) is 21.4 Å². The van der Waals surface area contributed by atoms with Crippen molar-refractivity contribution in [3.8, 4) is 11.8 Å². The van der Waals surface area contributed by atoms with Gasteiger partial charge in [0.2, 0.25) is 0 Å². The summed E-state index contributed by atoms with van der Waals surface area (Å²) in [5, 5.41) is 2.65. The molecule has 6 nitrogen and oxygen atoms in total. The van der Waals surface area contributed by atoms with Gasteiger partial charge in [0.1, 0.15) is 6.04 Å². The van der Waals surface area contributed by atoms with E-state index in [-0.39, 0.29) is 32.0 Å². The molecule has 0 spiro atoms. The number of ether oxygens (including phenoxy) is 2. The molecular weight excluding hydrogens is 354 g/mol. The third kappa shape index (κ3) is 6.89. The van der Waals surface area contributed by atoms with E-state index in [1.54, 1.807) is 19.9 Å². The first-order valence-corrected chi connectivity index (χ1v) is 9.46. The molecule has 1 heterocycles. The normalized spacial score (nSPS) is 11.1. The minimum atomic E-state index is -0.903. The van der Waals surface area contributed by atoms with Gasteiger partial charge >= 0.3 is 11.9 Å². The monoisotopic (exact) mass is 379 g/mol. The van der Waals surface area contributed by atoms with Crippen LogP contribution in [0.1, 0.15) is 60.1 Å². The van der Waals surface area contributed by atoms with Gasteiger partial charge in [-0.1, -0.05) is 18.8 Å². The molecule has 0 fully saturated rings. The van der Waals surface area contributed by atoms with Crippen molar-refractivity contribution in [2.24, 2.45) is 0 Å². The summed E-state index contributed by atoms with van der Waals surface area (Å²) < 4.78 is 9.85. The summed E-state index contributed by atoms with van der Waals surface area (Å²) in [6.07, 6.45) is 0.877. The molecule has 0 saturated heterocycles. The highest BCUT2D eigenvalue weighted by Crippen LogP contribution is 2.21. The molecule has 0 saturated carbocycles. The van der Waals surface area contributed by atoms with Crippen molar-refractivity contribution in [2.45, 2.75) is 53.0 Å². The van der Waals surface area contributed by atoms with Crippen LogP contribution in [0.25, 0.3) is 0 Å². The quantitative estimate of drug-likeness (QED) is 0.555. The van der Waals surface area contributed by atoms with E-state index in [1.807, 2.05) is 13.8 Å². The molecule has 1 atom stereocenters. The molecular formula is C19H25NO5S. The number of carbonyl (C=O) groups excluding carboxylic acids is 3. The van der Waals surface area contributed by atoms with Gasteiger partial charge in [0.15, 0.2) is 0 Å². The van der Waals surface area contributed by atoms with E-state index < -0.39 is 18.0 Å². The Morgan fingerprint density at radius 2 is 1.88 bits per heavy atom. The van der Waals surface area contributed by atoms with Crippen LogP contribution < -0.4 is 5.32 Å². The zero-order chi connectivity index (χ0) is 19.5. The molecule has 1 unspecified atom stereocenters. The van der Waals surface area contributed by atoms with Crippen molar-refractivity contribution in [1.29, 1.82) is 0 Å². The highest BCUT2D eigenvalue weighted by Gasteiger charge is 2.24. The van der Waals surface area contributed by atoms with Crippen LogP contribution >= 0.6 is 11.3 Å². The van der Waals surface area contributed by atoms with Gasteiger partial charge in [-0.2, -0.15) is 0 Å². The van der Waals surface area contributed by atoms with Crippen LogP contribution in [0.2, 0.25) is 0 Å². The van der Waals surface area contributed by atoms with E-state index in [0.29, 0.717) is 4.88 Å². The zero-order valence-corrected chi connectivity index (χ0v) is 16.5. The number of hydrogen-bond acceptors (Lipinski definition) is 6. The third-order valence-electron chi connectivity index (χ3n) is 3.34. The lowest BCUT2D eigenvalue weighted by atomic mass is 10.1. The van der Waals surface area contributed by atoms with Crippen LogP contribution in [-0.4, -0.2) is 37.1 Å². The molecule has 0 aliphatic rings. The van der Waals surface area contributed by atoms with Crippen LogP contribution in [0.4, 0.5) is 0 Å². The molecule has 0 aromatic carbocycles. The van der Waals surface area contributed by atoms with Crippen LogP contribution in [0.3, 0.4) is 0 Å². The first kappa shape index (κ1) is 21.7. The number of nitrogens with one attached hydrogen (secondary N) is 1. The van der Waals surface area contributed by atoms with Gasteiger partial charge in [-0.3, -0.25) is 9.59 Å². The Bertz CT molecular complexity index is 699. The first-order valence-electron chi connectivity index (χ1n) is 8.65. The summed E-state index contributed by atoms with van der Waals surface area (Å²) in [4.78, 5) is 37.4. The van der Waals surface area contributed by atoms with E-state index in [9.17, 15) is 14.4 Å². The molecule has 0 aliphatic heterocycles. The molecule has 1 N–H and O–H groups in total. The number of rotatable bonds is 8. The summed E-state index contributed by atoms with van der Waals surface area (Å²) in [5.74, 6) is 4.64. The number of amides is 1. The van der Waals surface area contributed by atoms with E-state index >= 15 is 0 Å². The summed E-state index contributed by atoms with van der Waals surface area (Å²) in [5.41, 5.74) is 0.917. The number of aryl methyl sites for hydroxylation is 1. The maximum absolute atomic E-state index is 12.5. The summed E-state index contributed by atoms with van der Waals surface area (Å²) in [7, 11) is 0. The average molecular weight is 379 g/mol. The maximum Gasteiger partial charge on any atom is 0.328 e. The van der Waals surface area contributed by atoms with Crippen molar-refractivity contribution in [2.75, 3.05) is 13.2 Å². The second kappa shape index (κ2) is 11.3. The second-order valence-electron chi connectivity index (χ2n) is 5.40. The van der Waals surface area contributed by atoms with Gasteiger partial charge in [-0.05, 0) is 38.8 Å². The molecule has 0 bridgehead atoms. The summed E-state index contributed by atoms with van der Waals surface area (Å²) in [6.45, 7) is 7.70. The van der Waals surface area contributed by atoms with E-state index in [2.05, 4.69) is 17.2 Å². The summed E-state index contributed by atoms with van der Waals surface area (Å²) >= 11 is 1.28. The Balaban J connectivity index is 2.83. The Labute approximate surface area is 158 Å². The lowest BCUT2D eigenvalue weighted by Crippen LogP contribution is -2.42. The Kier molecular flexibility index (Phi) is 9.45. The molecule has 1 aromatic rings. The van der Waals surface area contributed by atoms with Crippen molar-refractivity contribution >= 4 is 29.2 Å². The number of carbonyl (C=O) groups is 3. The molecule has 1 aromatic heterocycles. The van der Waals surface area contributed by atoms with E-state index in [0.717, 1.165) is 16.9 Å². The minimum Gasteiger partial charge on any atom is -0.466 e. The fraction of sp³-hybridized carbons (Fsp3) is 0.526. The number of esters is 2. The van der Waals surface area contributed by atoms with Gasteiger partial charge in [-0.15, -0.1) is 11.3 Å². The molecule has 7 heteroatoms. The van der Waals surface area contributed by atoms with Crippen LogP contribution in [0.15, 0.2) is 6.07 Å². The largest absolute Gasteiger partial charge is 0.466 e. The SMILES string of the molecule is CCC#Cc1sc(C(=O)NC(CCC(=O)OCC)C(=O)OCC)cc1C. The molecule has 26 heavy (non-hydrogen) atoms. The Morgan fingerprint density at radius 1 is 1.19 bits per heavy atom. The van der Waals surface area contributed by atoms with Crippen LogP contribution in [0, 0.1) is 18.8 Å². The number of hydrogen-bond donors (Lipinski definition) is 1.